The molecule has 1 N–H and O–H groups in total. The molecule has 1 saturated heterocycles. The van der Waals surface area contributed by atoms with Crippen LogP contribution in [0.25, 0.3) is 5.57 Å². The summed E-state index contributed by atoms with van der Waals surface area (Å²) < 4.78 is 57.3. The highest BCUT2D eigenvalue weighted by atomic mass is 19.4. The van der Waals surface area contributed by atoms with Crippen molar-refractivity contribution in [1.29, 1.82) is 0 Å². The second-order valence-electron chi connectivity index (χ2n) is 8.52. The zero-order valence-corrected chi connectivity index (χ0v) is 17.5. The predicted octanol–water partition coefficient (Wildman–Crippen LogP) is 3.83. The molecule has 31 heavy (non-hydrogen) atoms. The second kappa shape index (κ2) is 8.98. The van der Waals surface area contributed by atoms with Crippen molar-refractivity contribution in [2.45, 2.75) is 51.4 Å². The molecule has 1 aliphatic heterocycles. The molecular weight excluding hydrogens is 416 g/mol. The Morgan fingerprint density at radius 1 is 1.23 bits per heavy atom. The number of likely N-dealkylation sites (tertiary alicyclic amines) is 1. The normalized spacial score (nSPS) is 21.6. The number of nitrogens with one attached hydrogen (secondary N) is 1. The minimum absolute atomic E-state index is 0.0556. The lowest BCUT2D eigenvalue weighted by Crippen LogP contribution is -2.54. The number of ether oxygens (including phenoxy) is 1. The van der Waals surface area contributed by atoms with Gasteiger partial charge in [-0.15, -0.1) is 0 Å². The zero-order chi connectivity index (χ0) is 22.8. The molecule has 1 aliphatic carbocycles. The third kappa shape index (κ3) is 5.44. The average molecular weight is 442 g/mol. The van der Waals surface area contributed by atoms with Crippen LogP contribution in [0.1, 0.15) is 44.2 Å². The second-order valence-corrected chi connectivity index (χ2v) is 8.52. The summed E-state index contributed by atoms with van der Waals surface area (Å²) in [6, 6.07) is 4.62. The lowest BCUT2D eigenvalue weighted by molar-refractivity contribution is -0.211. The highest BCUT2D eigenvalue weighted by Gasteiger charge is 2.53. The Bertz CT molecular complexity index is 876. The number of halogens is 4. The quantitative estimate of drug-likeness (QED) is 0.515. The van der Waals surface area contributed by atoms with Gasteiger partial charge in [0.25, 0.3) is 5.91 Å². The maximum atomic E-state index is 14.6. The van der Waals surface area contributed by atoms with Crippen LogP contribution in [0, 0.1) is 11.7 Å². The number of carbonyl (C=O) groups excluding carboxylic acids is 2. The van der Waals surface area contributed by atoms with Crippen LogP contribution in [0.2, 0.25) is 0 Å². The Kier molecular flexibility index (Phi) is 6.73. The summed E-state index contributed by atoms with van der Waals surface area (Å²) in [5, 5.41) is 2.51. The van der Waals surface area contributed by atoms with Crippen molar-refractivity contribution < 1.29 is 31.9 Å². The number of benzene rings is 1. The lowest BCUT2D eigenvalue weighted by Gasteiger charge is -2.38. The van der Waals surface area contributed by atoms with E-state index in [1.807, 2.05) is 13.8 Å². The minimum atomic E-state index is -5.22. The molecule has 5 nitrogen and oxygen atoms in total. The number of rotatable bonds is 7. The lowest BCUT2D eigenvalue weighted by atomic mass is 9.77. The summed E-state index contributed by atoms with van der Waals surface area (Å²) >= 11 is 0. The molecule has 1 atom stereocenters. The van der Waals surface area contributed by atoms with Crippen molar-refractivity contribution in [2.24, 2.45) is 5.92 Å². The summed E-state index contributed by atoms with van der Waals surface area (Å²) in [5.74, 6) is -3.62. The largest absolute Gasteiger partial charge is 0.490 e. The van der Waals surface area contributed by atoms with Gasteiger partial charge in [-0.25, -0.2) is 9.18 Å². The Hall–Kier alpha value is -2.42. The molecule has 1 aromatic rings. The van der Waals surface area contributed by atoms with E-state index in [2.05, 4.69) is 15.0 Å². The van der Waals surface area contributed by atoms with Gasteiger partial charge in [-0.1, -0.05) is 26.0 Å². The van der Waals surface area contributed by atoms with Crippen molar-refractivity contribution in [3.63, 3.8) is 0 Å². The first-order chi connectivity index (χ1) is 14.5. The Morgan fingerprint density at radius 2 is 1.87 bits per heavy atom. The number of hydrogen-bond donors (Lipinski definition) is 1. The van der Waals surface area contributed by atoms with E-state index in [0.29, 0.717) is 23.2 Å². The van der Waals surface area contributed by atoms with Gasteiger partial charge in [0.1, 0.15) is 5.82 Å². The third-order valence-electron chi connectivity index (χ3n) is 5.44. The molecule has 1 fully saturated rings. The molecule has 3 rings (SSSR count). The van der Waals surface area contributed by atoms with Gasteiger partial charge >= 0.3 is 12.1 Å². The molecule has 170 valence electrons. The minimum Gasteiger partial charge on any atom is -0.438 e. The highest BCUT2D eigenvalue weighted by Crippen LogP contribution is 2.42. The van der Waals surface area contributed by atoms with E-state index in [9.17, 15) is 27.2 Å². The van der Waals surface area contributed by atoms with Gasteiger partial charge in [0.05, 0.1) is 0 Å². The van der Waals surface area contributed by atoms with E-state index >= 15 is 0 Å². The number of carbonyl (C=O) groups is 2. The van der Waals surface area contributed by atoms with Crippen LogP contribution in [0.5, 0.6) is 0 Å². The standard InChI is InChI=1S/C22H26F4N2O3/c1-14(2)12-27-19(29)21(31-20(30)22(24,25)26)10-17(11-21)15-5-6-16(18(23)9-15)13-28-7-3-4-8-28/h5-6,9-10,14H,3-4,7-8,11-13H2,1-2H3,(H,27,29). The van der Waals surface area contributed by atoms with E-state index in [4.69, 9.17) is 0 Å². The van der Waals surface area contributed by atoms with Gasteiger partial charge in [0.15, 0.2) is 0 Å². The molecule has 1 amide bonds. The fraction of sp³-hybridized carbons (Fsp3) is 0.545. The SMILES string of the molecule is CC(C)CNC(=O)C1(OC(=O)C(F)(F)F)C=C(c2ccc(CN3CCCC3)c(F)c2)C1. The van der Waals surface area contributed by atoms with E-state index < -0.39 is 29.5 Å². The molecule has 0 bridgehead atoms. The molecule has 0 radical (unpaired) electrons. The molecule has 0 aromatic heterocycles. The first-order valence-electron chi connectivity index (χ1n) is 10.3. The van der Waals surface area contributed by atoms with Crippen LogP contribution in [-0.2, 0) is 20.9 Å². The maximum Gasteiger partial charge on any atom is 0.490 e. The summed E-state index contributed by atoms with van der Waals surface area (Å²) in [6.45, 7) is 6.20. The van der Waals surface area contributed by atoms with Crippen molar-refractivity contribution in [3.05, 3.63) is 41.2 Å². The van der Waals surface area contributed by atoms with Crippen LogP contribution in [0.15, 0.2) is 24.3 Å². The molecule has 1 aromatic carbocycles. The fourth-order valence-corrected chi connectivity index (χ4v) is 3.71. The number of esters is 1. The van der Waals surface area contributed by atoms with Crippen LogP contribution < -0.4 is 5.32 Å². The van der Waals surface area contributed by atoms with Crippen LogP contribution in [-0.4, -0.2) is 48.2 Å². The van der Waals surface area contributed by atoms with Crippen molar-refractivity contribution >= 4 is 17.4 Å². The average Bonchev–Trinajstić information content (AvgIpc) is 3.16. The monoisotopic (exact) mass is 442 g/mol. The van der Waals surface area contributed by atoms with Crippen LogP contribution in [0.4, 0.5) is 17.6 Å². The number of nitrogens with zero attached hydrogens (tertiary/aromatic N) is 1. The van der Waals surface area contributed by atoms with Crippen LogP contribution >= 0.6 is 0 Å². The first kappa shape index (κ1) is 23.2. The summed E-state index contributed by atoms with van der Waals surface area (Å²) in [6.07, 6.45) is -2.14. The van der Waals surface area contributed by atoms with Gasteiger partial charge in [-0.2, -0.15) is 13.2 Å². The van der Waals surface area contributed by atoms with Crippen molar-refractivity contribution in [3.8, 4) is 0 Å². The van der Waals surface area contributed by atoms with E-state index in [-0.39, 0.29) is 18.9 Å². The highest BCUT2D eigenvalue weighted by molar-refractivity contribution is 5.98. The first-order valence-corrected chi connectivity index (χ1v) is 10.3. The molecule has 0 spiro atoms. The Balaban J connectivity index is 1.79. The summed E-state index contributed by atoms with van der Waals surface area (Å²) in [4.78, 5) is 26.1. The third-order valence-corrected chi connectivity index (χ3v) is 5.44. The van der Waals surface area contributed by atoms with E-state index in [1.165, 1.54) is 12.1 Å². The topological polar surface area (TPSA) is 58.6 Å². The van der Waals surface area contributed by atoms with Crippen molar-refractivity contribution in [2.75, 3.05) is 19.6 Å². The molecule has 0 saturated carbocycles. The van der Waals surface area contributed by atoms with Gasteiger partial charge in [-0.05, 0) is 55.1 Å². The van der Waals surface area contributed by atoms with Crippen LogP contribution in [0.3, 0.4) is 0 Å². The fourth-order valence-electron chi connectivity index (χ4n) is 3.71. The number of alkyl halides is 3. The number of amides is 1. The molecular formula is C22H26F4N2O3. The van der Waals surface area contributed by atoms with Gasteiger partial charge in [0, 0.05) is 25.1 Å². The zero-order valence-electron chi connectivity index (χ0n) is 17.5. The molecule has 1 heterocycles. The Labute approximate surface area is 178 Å². The van der Waals surface area contributed by atoms with Gasteiger partial charge in [-0.3, -0.25) is 9.69 Å². The van der Waals surface area contributed by atoms with Crippen molar-refractivity contribution in [1.82, 2.24) is 10.2 Å². The predicted molar refractivity (Wildman–Crippen MR) is 106 cm³/mol. The summed E-state index contributed by atoms with van der Waals surface area (Å²) in [7, 11) is 0. The molecule has 1 unspecified atom stereocenters. The van der Waals surface area contributed by atoms with E-state index in [1.54, 1.807) is 12.1 Å². The Morgan fingerprint density at radius 3 is 2.42 bits per heavy atom. The van der Waals surface area contributed by atoms with Gasteiger partial charge in [0.2, 0.25) is 5.60 Å². The van der Waals surface area contributed by atoms with E-state index in [0.717, 1.165) is 25.9 Å². The summed E-state index contributed by atoms with van der Waals surface area (Å²) in [5.41, 5.74) is -0.629. The molecule has 9 heteroatoms. The smallest absolute Gasteiger partial charge is 0.438 e. The van der Waals surface area contributed by atoms with Gasteiger partial charge < -0.3 is 10.1 Å². The molecule has 2 aliphatic rings. The maximum absolute atomic E-state index is 14.6. The number of hydrogen-bond acceptors (Lipinski definition) is 4.